The number of amides is 2. The molecule has 2 amide bonds. The molecule has 1 saturated carbocycles. The normalized spacial score (nSPS) is 18.5. The van der Waals surface area contributed by atoms with Crippen LogP contribution in [0.1, 0.15) is 23.1 Å². The smallest absolute Gasteiger partial charge is 0.228 e. The summed E-state index contributed by atoms with van der Waals surface area (Å²) in [5.74, 6) is -1.35. The lowest BCUT2D eigenvalue weighted by Gasteiger charge is -2.08. The highest BCUT2D eigenvalue weighted by molar-refractivity contribution is 5.99. The van der Waals surface area contributed by atoms with E-state index in [2.05, 4.69) is 10.6 Å². The van der Waals surface area contributed by atoms with Crippen LogP contribution in [0.2, 0.25) is 0 Å². The monoisotopic (exact) mass is 340 g/mol. The lowest BCUT2D eigenvalue weighted by Crippen LogP contribution is -2.27. The van der Waals surface area contributed by atoms with Crippen molar-refractivity contribution in [1.82, 2.24) is 5.32 Å². The van der Waals surface area contributed by atoms with Crippen LogP contribution in [0, 0.1) is 31.5 Å². The molecule has 2 N–H and O–H groups in total. The van der Waals surface area contributed by atoms with E-state index >= 15 is 0 Å². The Bertz CT molecular complexity index is 819. The molecule has 0 heterocycles. The third-order valence-corrected chi connectivity index (χ3v) is 4.65. The van der Waals surface area contributed by atoms with Gasteiger partial charge in [-0.1, -0.05) is 24.3 Å². The average Bonchev–Trinajstić information content (AvgIpc) is 3.38. The van der Waals surface area contributed by atoms with Crippen molar-refractivity contribution >= 4 is 17.5 Å². The van der Waals surface area contributed by atoms with Crippen molar-refractivity contribution in [1.29, 1.82) is 0 Å². The summed E-state index contributed by atoms with van der Waals surface area (Å²) in [7, 11) is 0. The van der Waals surface area contributed by atoms with Crippen LogP contribution >= 0.6 is 0 Å². The fourth-order valence-electron chi connectivity index (χ4n) is 2.78. The van der Waals surface area contributed by atoms with E-state index in [1.54, 1.807) is 18.2 Å². The Hall–Kier alpha value is -2.69. The molecule has 0 aromatic heterocycles. The summed E-state index contributed by atoms with van der Waals surface area (Å²) >= 11 is 0. The Morgan fingerprint density at radius 2 is 1.76 bits per heavy atom. The van der Waals surface area contributed by atoms with Crippen LogP contribution in [0.4, 0.5) is 10.1 Å². The Labute approximate surface area is 146 Å². The first kappa shape index (κ1) is 17.1. The Morgan fingerprint density at radius 3 is 2.48 bits per heavy atom. The molecule has 0 radical (unpaired) electrons. The Morgan fingerprint density at radius 1 is 1.04 bits per heavy atom. The number of nitrogens with one attached hydrogen (secondary N) is 2. The summed E-state index contributed by atoms with van der Waals surface area (Å²) in [5, 5.41) is 5.57. The predicted molar refractivity (Wildman–Crippen MR) is 94.4 cm³/mol. The van der Waals surface area contributed by atoms with Gasteiger partial charge in [0.1, 0.15) is 5.82 Å². The van der Waals surface area contributed by atoms with Gasteiger partial charge in [0.15, 0.2) is 0 Å². The summed E-state index contributed by atoms with van der Waals surface area (Å²) in [6.45, 7) is 4.13. The van der Waals surface area contributed by atoms with Gasteiger partial charge in [0.25, 0.3) is 0 Å². The third kappa shape index (κ3) is 4.05. The molecule has 5 heteroatoms. The fraction of sp³-hybridized carbons (Fsp3) is 0.300. The maximum atomic E-state index is 13.5. The van der Waals surface area contributed by atoms with Crippen LogP contribution < -0.4 is 10.6 Å². The minimum absolute atomic E-state index is 0.132. The molecule has 2 atom stereocenters. The number of halogens is 1. The van der Waals surface area contributed by atoms with Crippen molar-refractivity contribution in [3.8, 4) is 0 Å². The van der Waals surface area contributed by atoms with E-state index < -0.39 is 0 Å². The van der Waals surface area contributed by atoms with Gasteiger partial charge in [0.05, 0.1) is 11.8 Å². The standard InChI is InChI=1S/C20H21FN2O2/c1-12-7-8-15(9-13(12)2)23-20(25)17-10-16(17)19(24)22-11-14-5-3-4-6-18(14)21/h3-9,16-17H,10-11H2,1-2H3,(H,22,24)(H,23,25). The molecule has 0 bridgehead atoms. The molecule has 1 fully saturated rings. The largest absolute Gasteiger partial charge is 0.352 e. The number of anilines is 1. The van der Waals surface area contributed by atoms with Gasteiger partial charge < -0.3 is 10.6 Å². The highest BCUT2D eigenvalue weighted by Crippen LogP contribution is 2.39. The second kappa shape index (κ2) is 7.05. The van der Waals surface area contributed by atoms with E-state index in [0.717, 1.165) is 16.8 Å². The highest BCUT2D eigenvalue weighted by Gasteiger charge is 2.47. The molecule has 130 valence electrons. The number of benzene rings is 2. The molecule has 0 saturated heterocycles. The van der Waals surface area contributed by atoms with Crippen LogP contribution in [0.25, 0.3) is 0 Å². The molecular weight excluding hydrogens is 319 g/mol. The molecule has 2 aromatic carbocycles. The lowest BCUT2D eigenvalue weighted by molar-refractivity contribution is -0.125. The maximum Gasteiger partial charge on any atom is 0.228 e. The van der Waals surface area contributed by atoms with Crippen molar-refractivity contribution in [2.24, 2.45) is 11.8 Å². The minimum atomic E-state index is -0.345. The first-order valence-electron chi connectivity index (χ1n) is 8.35. The first-order valence-corrected chi connectivity index (χ1v) is 8.35. The van der Waals surface area contributed by atoms with Crippen LogP contribution in [0.5, 0.6) is 0 Å². The van der Waals surface area contributed by atoms with Crippen molar-refractivity contribution in [2.75, 3.05) is 5.32 Å². The Kier molecular flexibility index (Phi) is 4.83. The molecule has 3 rings (SSSR count). The number of carbonyl (C=O) groups excluding carboxylic acids is 2. The summed E-state index contributed by atoms with van der Waals surface area (Å²) in [4.78, 5) is 24.4. The molecule has 2 unspecified atom stereocenters. The molecule has 1 aliphatic rings. The number of hydrogen-bond acceptors (Lipinski definition) is 2. The second-order valence-electron chi connectivity index (χ2n) is 6.55. The predicted octanol–water partition coefficient (Wildman–Crippen LogP) is 3.33. The van der Waals surface area contributed by atoms with Gasteiger partial charge in [-0.05, 0) is 49.6 Å². The van der Waals surface area contributed by atoms with Crippen molar-refractivity contribution in [3.63, 3.8) is 0 Å². The highest BCUT2D eigenvalue weighted by atomic mass is 19.1. The van der Waals surface area contributed by atoms with E-state index in [4.69, 9.17) is 0 Å². The minimum Gasteiger partial charge on any atom is -0.352 e. The van der Waals surface area contributed by atoms with Gasteiger partial charge in [-0.25, -0.2) is 4.39 Å². The van der Waals surface area contributed by atoms with Crippen LogP contribution in [-0.4, -0.2) is 11.8 Å². The van der Waals surface area contributed by atoms with Gasteiger partial charge >= 0.3 is 0 Å². The van der Waals surface area contributed by atoms with E-state index in [-0.39, 0.29) is 36.0 Å². The third-order valence-electron chi connectivity index (χ3n) is 4.65. The van der Waals surface area contributed by atoms with Crippen molar-refractivity contribution < 1.29 is 14.0 Å². The van der Waals surface area contributed by atoms with Gasteiger partial charge in [-0.15, -0.1) is 0 Å². The number of rotatable bonds is 5. The van der Waals surface area contributed by atoms with Crippen LogP contribution in [0.3, 0.4) is 0 Å². The summed E-state index contributed by atoms with van der Waals surface area (Å²) in [6, 6.07) is 12.1. The summed E-state index contributed by atoms with van der Waals surface area (Å²) in [6.07, 6.45) is 0.528. The van der Waals surface area contributed by atoms with E-state index in [0.29, 0.717) is 12.0 Å². The fourth-order valence-corrected chi connectivity index (χ4v) is 2.78. The van der Waals surface area contributed by atoms with Crippen LogP contribution in [-0.2, 0) is 16.1 Å². The summed E-state index contributed by atoms with van der Waals surface area (Å²) < 4.78 is 13.5. The maximum absolute atomic E-state index is 13.5. The second-order valence-corrected chi connectivity index (χ2v) is 6.55. The SMILES string of the molecule is Cc1ccc(NC(=O)C2CC2C(=O)NCc2ccccc2F)cc1C. The molecule has 4 nitrogen and oxygen atoms in total. The zero-order valence-corrected chi connectivity index (χ0v) is 14.3. The van der Waals surface area contributed by atoms with Gasteiger partial charge in [-0.3, -0.25) is 9.59 Å². The average molecular weight is 340 g/mol. The van der Waals surface area contributed by atoms with Crippen molar-refractivity contribution in [2.45, 2.75) is 26.8 Å². The molecule has 0 aliphatic heterocycles. The molecule has 0 spiro atoms. The molecule has 2 aromatic rings. The van der Waals surface area contributed by atoms with Crippen molar-refractivity contribution in [3.05, 3.63) is 65.0 Å². The quantitative estimate of drug-likeness (QED) is 0.877. The van der Waals surface area contributed by atoms with E-state index in [9.17, 15) is 14.0 Å². The van der Waals surface area contributed by atoms with E-state index in [1.165, 1.54) is 6.07 Å². The molecular formula is C20H21FN2O2. The lowest BCUT2D eigenvalue weighted by atomic mass is 10.1. The van der Waals surface area contributed by atoms with Gasteiger partial charge in [0.2, 0.25) is 11.8 Å². The van der Waals surface area contributed by atoms with E-state index in [1.807, 2.05) is 32.0 Å². The van der Waals surface area contributed by atoms with Gasteiger partial charge in [-0.2, -0.15) is 0 Å². The Balaban J connectivity index is 1.51. The number of hydrogen-bond donors (Lipinski definition) is 2. The molecule has 25 heavy (non-hydrogen) atoms. The molecule has 1 aliphatic carbocycles. The number of aryl methyl sites for hydroxylation is 2. The summed E-state index contributed by atoms with van der Waals surface area (Å²) in [5.41, 5.74) is 3.45. The zero-order valence-electron chi connectivity index (χ0n) is 14.3. The van der Waals surface area contributed by atoms with Crippen LogP contribution in [0.15, 0.2) is 42.5 Å². The van der Waals surface area contributed by atoms with Gasteiger partial charge in [0, 0.05) is 17.8 Å². The first-order chi connectivity index (χ1) is 12.0. The topological polar surface area (TPSA) is 58.2 Å². The zero-order chi connectivity index (χ0) is 18.0. The number of carbonyl (C=O) groups is 2.